The van der Waals surface area contributed by atoms with Gasteiger partial charge < -0.3 is 15.1 Å². The molecule has 2 atom stereocenters. The molecule has 0 saturated carbocycles. The Morgan fingerprint density at radius 1 is 1.43 bits per heavy atom. The van der Waals surface area contributed by atoms with Crippen LogP contribution in [-0.2, 0) is 4.79 Å². The van der Waals surface area contributed by atoms with Gasteiger partial charge in [-0.25, -0.2) is 9.18 Å². The van der Waals surface area contributed by atoms with Crippen molar-refractivity contribution in [2.24, 2.45) is 0 Å². The predicted molar refractivity (Wildman–Crippen MR) is 66.1 cm³/mol. The van der Waals surface area contributed by atoms with Crippen molar-refractivity contribution < 1.29 is 29.1 Å². The van der Waals surface area contributed by atoms with Gasteiger partial charge in [0.05, 0.1) is 11.0 Å². The molecular formula is C12H11FN2O6. The van der Waals surface area contributed by atoms with Gasteiger partial charge in [0.25, 0.3) is 11.6 Å². The number of carbonyl (C=O) groups is 2. The molecule has 0 aliphatic carbocycles. The van der Waals surface area contributed by atoms with Crippen LogP contribution >= 0.6 is 0 Å². The molecule has 0 radical (unpaired) electrons. The second kappa shape index (κ2) is 5.44. The molecule has 1 saturated heterocycles. The summed E-state index contributed by atoms with van der Waals surface area (Å²) < 4.78 is 13.2. The topological polar surface area (TPSA) is 121 Å². The third-order valence-electron chi connectivity index (χ3n) is 3.21. The number of β-amino-alcohol motifs (C(OH)–C–C–N with tert-alkyl or cyclic N) is 1. The molecule has 2 N–H and O–H groups in total. The minimum atomic E-state index is -1.33. The van der Waals surface area contributed by atoms with Gasteiger partial charge in [0.1, 0.15) is 17.4 Å². The summed E-state index contributed by atoms with van der Waals surface area (Å²) in [6, 6.07) is 1.06. The van der Waals surface area contributed by atoms with Gasteiger partial charge in [-0.15, -0.1) is 0 Å². The Hall–Kier alpha value is -2.55. The van der Waals surface area contributed by atoms with E-state index in [4.69, 9.17) is 5.11 Å². The summed E-state index contributed by atoms with van der Waals surface area (Å²) in [6.45, 7) is -0.274. The van der Waals surface area contributed by atoms with Gasteiger partial charge in [-0.05, 0) is 12.1 Å². The molecule has 1 heterocycles. The number of aliphatic hydroxyl groups excluding tert-OH is 1. The van der Waals surface area contributed by atoms with Gasteiger partial charge in [0, 0.05) is 19.0 Å². The first-order valence-corrected chi connectivity index (χ1v) is 5.97. The first kappa shape index (κ1) is 14.9. The van der Waals surface area contributed by atoms with Crippen molar-refractivity contribution in [2.75, 3.05) is 6.54 Å². The van der Waals surface area contributed by atoms with E-state index < -0.39 is 46.0 Å². The SMILES string of the molecule is O=C(O)C1CC(O)CN1C(=O)c1cc(F)ccc1[N+](=O)[O-]. The van der Waals surface area contributed by atoms with E-state index in [0.29, 0.717) is 6.07 Å². The first-order valence-electron chi connectivity index (χ1n) is 5.97. The van der Waals surface area contributed by atoms with Gasteiger partial charge in [-0.2, -0.15) is 0 Å². The van der Waals surface area contributed by atoms with Crippen molar-refractivity contribution in [3.05, 3.63) is 39.7 Å². The van der Waals surface area contributed by atoms with E-state index in [2.05, 4.69) is 0 Å². The summed E-state index contributed by atoms with van der Waals surface area (Å²) in [4.78, 5) is 34.2. The molecule has 1 aliphatic heterocycles. The van der Waals surface area contributed by atoms with Crippen LogP contribution in [0, 0.1) is 15.9 Å². The summed E-state index contributed by atoms with van der Waals surface area (Å²) in [5, 5.41) is 29.4. The lowest BCUT2D eigenvalue weighted by Gasteiger charge is -2.21. The number of nitro benzene ring substituents is 1. The summed E-state index contributed by atoms with van der Waals surface area (Å²) in [5.74, 6) is -3.18. The van der Waals surface area contributed by atoms with Crippen molar-refractivity contribution in [2.45, 2.75) is 18.6 Å². The summed E-state index contributed by atoms with van der Waals surface area (Å²) in [5.41, 5.74) is -1.16. The molecule has 112 valence electrons. The number of aliphatic carboxylic acids is 1. The highest BCUT2D eigenvalue weighted by atomic mass is 19.1. The number of benzene rings is 1. The van der Waals surface area contributed by atoms with Gasteiger partial charge in [0.15, 0.2) is 0 Å². The predicted octanol–water partition coefficient (Wildman–Crippen LogP) is 0.394. The normalized spacial score (nSPS) is 21.3. The molecule has 9 heteroatoms. The molecule has 0 spiro atoms. The van der Waals surface area contributed by atoms with E-state index in [9.17, 15) is 29.2 Å². The largest absolute Gasteiger partial charge is 0.480 e. The Bertz CT molecular complexity index is 620. The third-order valence-corrected chi connectivity index (χ3v) is 3.21. The van der Waals surface area contributed by atoms with Crippen LogP contribution < -0.4 is 0 Å². The standard InChI is InChI=1S/C12H11FN2O6/c13-6-1-2-9(15(20)21)8(3-6)11(17)14-5-7(16)4-10(14)12(18)19/h1-3,7,10,16H,4-5H2,(H,18,19). The number of halogens is 1. The third kappa shape index (κ3) is 2.82. The van der Waals surface area contributed by atoms with Crippen LogP contribution in [0.1, 0.15) is 16.8 Å². The Morgan fingerprint density at radius 3 is 2.67 bits per heavy atom. The van der Waals surface area contributed by atoms with Gasteiger partial charge in [-0.1, -0.05) is 0 Å². The van der Waals surface area contributed by atoms with E-state index in [1.165, 1.54) is 0 Å². The molecule has 0 aromatic heterocycles. The number of nitro groups is 1. The molecular weight excluding hydrogens is 287 g/mol. The van der Waals surface area contributed by atoms with Crippen molar-refractivity contribution in [1.82, 2.24) is 4.90 Å². The maximum absolute atomic E-state index is 13.2. The fourth-order valence-electron chi connectivity index (χ4n) is 2.27. The van der Waals surface area contributed by atoms with Gasteiger partial charge in [-0.3, -0.25) is 14.9 Å². The minimum absolute atomic E-state index is 0.176. The lowest BCUT2D eigenvalue weighted by Crippen LogP contribution is -2.40. The summed E-state index contributed by atoms with van der Waals surface area (Å²) in [7, 11) is 0. The first-order chi connectivity index (χ1) is 9.81. The van der Waals surface area contributed by atoms with E-state index in [1.54, 1.807) is 0 Å². The highest BCUT2D eigenvalue weighted by Crippen LogP contribution is 2.26. The van der Waals surface area contributed by atoms with Crippen LogP contribution in [0.3, 0.4) is 0 Å². The van der Waals surface area contributed by atoms with Crippen LogP contribution in [0.5, 0.6) is 0 Å². The summed E-state index contributed by atoms with van der Waals surface area (Å²) in [6.07, 6.45) is -1.22. The van der Waals surface area contributed by atoms with Crippen molar-refractivity contribution in [1.29, 1.82) is 0 Å². The number of rotatable bonds is 3. The smallest absolute Gasteiger partial charge is 0.326 e. The lowest BCUT2D eigenvalue weighted by atomic mass is 10.1. The van der Waals surface area contributed by atoms with Gasteiger partial charge in [0.2, 0.25) is 0 Å². The number of nitrogens with zero attached hydrogens (tertiary/aromatic N) is 2. The maximum Gasteiger partial charge on any atom is 0.326 e. The zero-order valence-electron chi connectivity index (χ0n) is 10.6. The van der Waals surface area contributed by atoms with Crippen molar-refractivity contribution >= 4 is 17.6 Å². The molecule has 1 aliphatic rings. The fraction of sp³-hybridized carbons (Fsp3) is 0.333. The molecule has 2 rings (SSSR count). The number of aliphatic hydroxyl groups is 1. The zero-order valence-corrected chi connectivity index (χ0v) is 10.6. The highest BCUT2D eigenvalue weighted by molar-refractivity contribution is 6.00. The van der Waals surface area contributed by atoms with E-state index in [-0.39, 0.29) is 13.0 Å². The molecule has 21 heavy (non-hydrogen) atoms. The van der Waals surface area contributed by atoms with Crippen LogP contribution in [0.25, 0.3) is 0 Å². The van der Waals surface area contributed by atoms with E-state index in [1.807, 2.05) is 0 Å². The van der Waals surface area contributed by atoms with Crippen LogP contribution in [0.15, 0.2) is 18.2 Å². The van der Waals surface area contributed by atoms with Crippen molar-refractivity contribution in [3.8, 4) is 0 Å². The highest BCUT2D eigenvalue weighted by Gasteiger charge is 2.40. The second-order valence-corrected chi connectivity index (χ2v) is 4.62. The quantitative estimate of drug-likeness (QED) is 0.615. The maximum atomic E-state index is 13.2. The molecule has 8 nitrogen and oxygen atoms in total. The number of hydrogen-bond donors (Lipinski definition) is 2. The van der Waals surface area contributed by atoms with Crippen molar-refractivity contribution in [3.63, 3.8) is 0 Å². The van der Waals surface area contributed by atoms with Gasteiger partial charge >= 0.3 is 5.97 Å². The minimum Gasteiger partial charge on any atom is -0.480 e. The number of carbonyl (C=O) groups excluding carboxylic acids is 1. The Morgan fingerprint density at radius 2 is 2.10 bits per heavy atom. The Labute approximate surface area is 117 Å². The molecule has 1 aromatic carbocycles. The van der Waals surface area contributed by atoms with E-state index >= 15 is 0 Å². The molecule has 0 bridgehead atoms. The fourth-order valence-corrected chi connectivity index (χ4v) is 2.27. The monoisotopic (exact) mass is 298 g/mol. The lowest BCUT2D eigenvalue weighted by molar-refractivity contribution is -0.385. The Kier molecular flexibility index (Phi) is 3.85. The zero-order chi connectivity index (χ0) is 15.7. The summed E-state index contributed by atoms with van der Waals surface area (Å²) >= 11 is 0. The van der Waals surface area contributed by atoms with Crippen LogP contribution in [0.4, 0.5) is 10.1 Å². The van der Waals surface area contributed by atoms with E-state index in [0.717, 1.165) is 17.0 Å². The molecule has 2 unspecified atom stereocenters. The Balaban J connectivity index is 2.42. The number of hydrogen-bond acceptors (Lipinski definition) is 5. The second-order valence-electron chi connectivity index (χ2n) is 4.62. The number of carboxylic acids is 1. The molecule has 1 amide bonds. The average Bonchev–Trinajstić information content (AvgIpc) is 2.79. The number of amides is 1. The van der Waals surface area contributed by atoms with Crippen LogP contribution in [0.2, 0.25) is 0 Å². The average molecular weight is 298 g/mol. The molecule has 1 aromatic rings. The number of carboxylic acid groups (broad SMARTS) is 1. The van der Waals surface area contributed by atoms with Crippen LogP contribution in [-0.4, -0.2) is 50.6 Å². The number of likely N-dealkylation sites (tertiary alicyclic amines) is 1. The molecule has 1 fully saturated rings.